The minimum atomic E-state index is -3.65. The number of carbonyl (C=O) groups is 1. The summed E-state index contributed by atoms with van der Waals surface area (Å²) in [6.07, 6.45) is 1.48. The predicted octanol–water partition coefficient (Wildman–Crippen LogP) is 4.25. The van der Waals surface area contributed by atoms with Crippen LogP contribution in [0.3, 0.4) is 0 Å². The van der Waals surface area contributed by atoms with Gasteiger partial charge >= 0.3 is 0 Å². The minimum absolute atomic E-state index is 0.350. The van der Waals surface area contributed by atoms with Crippen LogP contribution >= 0.6 is 15.9 Å². The fraction of sp³-hybridized carbons (Fsp3) is 0.316. The van der Waals surface area contributed by atoms with Crippen LogP contribution in [-0.4, -0.2) is 26.6 Å². The quantitative estimate of drug-likeness (QED) is 0.732. The second kappa shape index (κ2) is 8.22. The molecule has 0 aliphatic heterocycles. The van der Waals surface area contributed by atoms with Gasteiger partial charge in [-0.15, -0.1) is 0 Å². The molecule has 7 heteroatoms. The van der Waals surface area contributed by atoms with Gasteiger partial charge in [0.15, 0.2) is 0 Å². The Labute approximate surface area is 163 Å². The summed E-state index contributed by atoms with van der Waals surface area (Å²) < 4.78 is 27.2. The topological polar surface area (TPSA) is 66.5 Å². The number of amides is 1. The highest BCUT2D eigenvalue weighted by atomic mass is 79.9. The molecule has 0 radical (unpaired) electrons. The van der Waals surface area contributed by atoms with Crippen molar-refractivity contribution in [1.82, 2.24) is 0 Å². The van der Waals surface area contributed by atoms with Gasteiger partial charge in [-0.2, -0.15) is 0 Å². The van der Waals surface area contributed by atoms with Gasteiger partial charge in [-0.3, -0.25) is 9.10 Å². The second-order valence-corrected chi connectivity index (χ2v) is 9.04. The lowest BCUT2D eigenvalue weighted by Crippen LogP contribution is -2.47. The molecule has 26 heavy (non-hydrogen) atoms. The Balaban J connectivity index is 2.42. The summed E-state index contributed by atoms with van der Waals surface area (Å²) in [5.41, 5.74) is 2.88. The van der Waals surface area contributed by atoms with Gasteiger partial charge in [0.2, 0.25) is 15.9 Å². The van der Waals surface area contributed by atoms with Gasteiger partial charge in [0, 0.05) is 10.2 Å². The molecule has 0 bridgehead atoms. The maximum Gasteiger partial charge on any atom is 0.248 e. The maximum atomic E-state index is 12.9. The standard InChI is InChI=1S/C19H23BrN2O3S/c1-5-17(19(23)21-16-10-8-15(20)9-11-16)22(26(4,24)25)18-12-13(2)6-7-14(18)3/h6-12,17H,5H2,1-4H3,(H,21,23)/t17-/m0/s1. The Morgan fingerprint density at radius 1 is 1.15 bits per heavy atom. The molecule has 0 aromatic heterocycles. The Kier molecular flexibility index (Phi) is 6.47. The van der Waals surface area contributed by atoms with E-state index < -0.39 is 16.1 Å². The number of benzene rings is 2. The molecule has 140 valence electrons. The van der Waals surface area contributed by atoms with Crippen molar-refractivity contribution in [2.45, 2.75) is 33.2 Å². The highest BCUT2D eigenvalue weighted by Gasteiger charge is 2.32. The fourth-order valence-electron chi connectivity index (χ4n) is 2.75. The van der Waals surface area contributed by atoms with E-state index >= 15 is 0 Å². The third-order valence-corrected chi connectivity index (χ3v) is 5.74. The molecule has 0 aliphatic carbocycles. The number of sulfonamides is 1. The molecular weight excluding hydrogens is 416 g/mol. The molecule has 0 aliphatic rings. The Bertz CT molecular complexity index is 896. The van der Waals surface area contributed by atoms with Crippen LogP contribution < -0.4 is 9.62 Å². The van der Waals surface area contributed by atoms with Crippen LogP contribution in [0.1, 0.15) is 24.5 Å². The zero-order valence-corrected chi connectivity index (χ0v) is 17.7. The lowest BCUT2D eigenvalue weighted by molar-refractivity contribution is -0.117. The molecule has 2 aromatic rings. The molecule has 0 unspecified atom stereocenters. The predicted molar refractivity (Wildman–Crippen MR) is 110 cm³/mol. The van der Waals surface area contributed by atoms with Crippen molar-refractivity contribution in [2.24, 2.45) is 0 Å². The summed E-state index contributed by atoms with van der Waals surface area (Å²) in [4.78, 5) is 12.9. The molecule has 1 amide bonds. The highest BCUT2D eigenvalue weighted by molar-refractivity contribution is 9.10. The molecule has 1 N–H and O–H groups in total. The molecule has 0 spiro atoms. The van der Waals surface area contributed by atoms with Crippen LogP contribution in [0.4, 0.5) is 11.4 Å². The molecule has 2 aromatic carbocycles. The first-order chi connectivity index (χ1) is 12.1. The third-order valence-electron chi connectivity index (χ3n) is 4.04. The SMILES string of the molecule is CC[C@@H](C(=O)Nc1ccc(Br)cc1)N(c1cc(C)ccc1C)S(C)(=O)=O. The Hall–Kier alpha value is -1.86. The third kappa shape index (κ3) is 4.86. The summed E-state index contributed by atoms with van der Waals surface area (Å²) in [7, 11) is -3.65. The second-order valence-electron chi connectivity index (χ2n) is 6.27. The van der Waals surface area contributed by atoms with Crippen molar-refractivity contribution >= 4 is 43.2 Å². The number of aryl methyl sites for hydroxylation is 2. The summed E-state index contributed by atoms with van der Waals surface area (Å²) in [5.74, 6) is -0.360. The van der Waals surface area contributed by atoms with Gasteiger partial charge < -0.3 is 5.32 Å². The smallest absolute Gasteiger partial charge is 0.248 e. The molecule has 5 nitrogen and oxygen atoms in total. The van der Waals surface area contributed by atoms with E-state index in [4.69, 9.17) is 0 Å². The number of hydrogen-bond donors (Lipinski definition) is 1. The van der Waals surface area contributed by atoms with Crippen molar-refractivity contribution in [3.63, 3.8) is 0 Å². The normalized spacial score (nSPS) is 12.5. The van der Waals surface area contributed by atoms with Gasteiger partial charge in [0.25, 0.3) is 0 Å². The van der Waals surface area contributed by atoms with Crippen molar-refractivity contribution < 1.29 is 13.2 Å². The van der Waals surface area contributed by atoms with E-state index in [2.05, 4.69) is 21.2 Å². The molecule has 0 saturated carbocycles. The number of nitrogens with one attached hydrogen (secondary N) is 1. The van der Waals surface area contributed by atoms with Crippen LogP contribution in [0.25, 0.3) is 0 Å². The first kappa shape index (κ1) is 20.5. The summed E-state index contributed by atoms with van der Waals surface area (Å²) >= 11 is 3.35. The number of anilines is 2. The van der Waals surface area contributed by atoms with E-state index in [0.717, 1.165) is 21.9 Å². The van der Waals surface area contributed by atoms with Crippen LogP contribution in [0.15, 0.2) is 46.9 Å². The molecular formula is C19H23BrN2O3S. The van der Waals surface area contributed by atoms with Crippen LogP contribution in [0, 0.1) is 13.8 Å². The zero-order valence-electron chi connectivity index (χ0n) is 15.3. The number of halogens is 1. The Morgan fingerprint density at radius 2 is 1.77 bits per heavy atom. The van der Waals surface area contributed by atoms with Crippen molar-refractivity contribution in [3.8, 4) is 0 Å². The van der Waals surface area contributed by atoms with Crippen LogP contribution in [0.5, 0.6) is 0 Å². The number of nitrogens with zero attached hydrogens (tertiary/aromatic N) is 1. The van der Waals surface area contributed by atoms with Gasteiger partial charge in [-0.05, 0) is 61.7 Å². The molecule has 1 atom stereocenters. The summed E-state index contributed by atoms with van der Waals surface area (Å²) in [5, 5.41) is 2.81. The van der Waals surface area contributed by atoms with E-state index in [9.17, 15) is 13.2 Å². The lowest BCUT2D eigenvalue weighted by atomic mass is 10.1. The van der Waals surface area contributed by atoms with E-state index in [1.54, 1.807) is 25.1 Å². The van der Waals surface area contributed by atoms with Gasteiger partial charge in [0.05, 0.1) is 11.9 Å². The molecule has 0 saturated heterocycles. The van der Waals surface area contributed by atoms with E-state index in [-0.39, 0.29) is 5.91 Å². The van der Waals surface area contributed by atoms with Gasteiger partial charge in [-0.25, -0.2) is 8.42 Å². The monoisotopic (exact) mass is 438 g/mol. The number of carbonyl (C=O) groups excluding carboxylic acids is 1. The first-order valence-corrected chi connectivity index (χ1v) is 10.9. The highest BCUT2D eigenvalue weighted by Crippen LogP contribution is 2.28. The number of rotatable bonds is 6. The van der Waals surface area contributed by atoms with Gasteiger partial charge in [0.1, 0.15) is 6.04 Å². The Morgan fingerprint density at radius 3 is 2.31 bits per heavy atom. The minimum Gasteiger partial charge on any atom is -0.324 e. The fourth-order valence-corrected chi connectivity index (χ4v) is 4.28. The lowest BCUT2D eigenvalue weighted by Gasteiger charge is -2.31. The summed E-state index contributed by atoms with van der Waals surface area (Å²) in [6.45, 7) is 5.54. The van der Waals surface area contributed by atoms with Gasteiger partial charge in [-0.1, -0.05) is 35.0 Å². The van der Waals surface area contributed by atoms with E-state index in [1.165, 1.54) is 4.31 Å². The van der Waals surface area contributed by atoms with Crippen molar-refractivity contribution in [1.29, 1.82) is 0 Å². The van der Waals surface area contributed by atoms with E-state index in [1.807, 2.05) is 38.1 Å². The molecule has 0 heterocycles. The van der Waals surface area contributed by atoms with Crippen LogP contribution in [0.2, 0.25) is 0 Å². The number of hydrogen-bond acceptors (Lipinski definition) is 3. The van der Waals surface area contributed by atoms with Crippen molar-refractivity contribution in [2.75, 3.05) is 15.9 Å². The molecule has 0 fully saturated rings. The first-order valence-electron chi connectivity index (χ1n) is 8.26. The summed E-state index contributed by atoms with van der Waals surface area (Å²) in [6, 6.07) is 11.9. The zero-order chi connectivity index (χ0) is 19.5. The van der Waals surface area contributed by atoms with Crippen molar-refractivity contribution in [3.05, 3.63) is 58.1 Å². The van der Waals surface area contributed by atoms with Crippen LogP contribution in [-0.2, 0) is 14.8 Å². The van der Waals surface area contributed by atoms with E-state index in [0.29, 0.717) is 17.8 Å². The maximum absolute atomic E-state index is 12.9. The largest absolute Gasteiger partial charge is 0.324 e. The average Bonchev–Trinajstić information content (AvgIpc) is 2.56. The average molecular weight is 439 g/mol. The molecule has 2 rings (SSSR count).